The van der Waals surface area contributed by atoms with E-state index in [1.54, 1.807) is 49.5 Å². The number of amides is 1. The molecule has 0 aliphatic carbocycles. The highest BCUT2D eigenvalue weighted by atomic mass is 32.2. The number of nitrogens with zero attached hydrogens (tertiary/aromatic N) is 2. The van der Waals surface area contributed by atoms with Crippen molar-refractivity contribution < 1.29 is 13.2 Å². The third kappa shape index (κ3) is 4.10. The van der Waals surface area contributed by atoms with Gasteiger partial charge in [0.25, 0.3) is 11.5 Å². The largest absolute Gasteiger partial charge is 0.346 e. The SMILES string of the molecule is CCS(=O)(=O)N1CC(N)C(NC(=O)c2ccc(-n3ccccc3=O)cc2)C1. The van der Waals surface area contributed by atoms with Crippen LogP contribution in [0.3, 0.4) is 0 Å². The van der Waals surface area contributed by atoms with Crippen molar-refractivity contribution in [2.45, 2.75) is 19.0 Å². The van der Waals surface area contributed by atoms with E-state index in [2.05, 4.69) is 5.32 Å². The van der Waals surface area contributed by atoms with Gasteiger partial charge in [-0.2, -0.15) is 4.31 Å². The number of rotatable bonds is 5. The Kier molecular flexibility index (Phi) is 5.45. The van der Waals surface area contributed by atoms with Gasteiger partial charge in [-0.25, -0.2) is 8.42 Å². The molecule has 27 heavy (non-hydrogen) atoms. The lowest BCUT2D eigenvalue weighted by molar-refractivity contribution is 0.0936. The van der Waals surface area contributed by atoms with Crippen molar-refractivity contribution in [3.05, 3.63) is 64.6 Å². The zero-order chi connectivity index (χ0) is 19.6. The van der Waals surface area contributed by atoms with Gasteiger partial charge in [0.1, 0.15) is 0 Å². The molecule has 1 amide bonds. The molecule has 3 N–H and O–H groups in total. The molecule has 2 heterocycles. The molecule has 1 aromatic heterocycles. The van der Waals surface area contributed by atoms with Crippen LogP contribution < -0.4 is 16.6 Å². The smallest absolute Gasteiger partial charge is 0.255 e. The number of sulfonamides is 1. The van der Waals surface area contributed by atoms with Crippen molar-refractivity contribution in [1.82, 2.24) is 14.2 Å². The molecule has 0 bridgehead atoms. The third-order valence-corrected chi connectivity index (χ3v) is 6.45. The molecule has 8 nitrogen and oxygen atoms in total. The fourth-order valence-corrected chi connectivity index (χ4v) is 4.17. The topological polar surface area (TPSA) is 114 Å². The highest BCUT2D eigenvalue weighted by molar-refractivity contribution is 7.89. The Morgan fingerprint density at radius 3 is 2.52 bits per heavy atom. The second kappa shape index (κ2) is 7.63. The third-order valence-electron chi connectivity index (χ3n) is 4.64. The zero-order valence-electron chi connectivity index (χ0n) is 14.9. The van der Waals surface area contributed by atoms with Crippen molar-refractivity contribution in [2.24, 2.45) is 5.73 Å². The van der Waals surface area contributed by atoms with Gasteiger partial charge in [0.05, 0.1) is 11.8 Å². The second-order valence-electron chi connectivity index (χ2n) is 6.42. The first-order valence-corrected chi connectivity index (χ1v) is 10.2. The second-order valence-corrected chi connectivity index (χ2v) is 8.67. The molecule has 2 aromatic rings. The van der Waals surface area contributed by atoms with Gasteiger partial charge in [0.2, 0.25) is 10.0 Å². The van der Waals surface area contributed by atoms with Crippen molar-refractivity contribution in [2.75, 3.05) is 18.8 Å². The van der Waals surface area contributed by atoms with Gasteiger partial charge in [-0.1, -0.05) is 6.07 Å². The van der Waals surface area contributed by atoms with E-state index >= 15 is 0 Å². The summed E-state index contributed by atoms with van der Waals surface area (Å²) in [5.74, 6) is -0.334. The molecule has 0 radical (unpaired) electrons. The zero-order valence-corrected chi connectivity index (χ0v) is 15.7. The highest BCUT2D eigenvalue weighted by Gasteiger charge is 2.36. The van der Waals surface area contributed by atoms with E-state index in [1.165, 1.54) is 14.9 Å². The van der Waals surface area contributed by atoms with Crippen LogP contribution in [0.1, 0.15) is 17.3 Å². The summed E-state index contributed by atoms with van der Waals surface area (Å²) < 4.78 is 26.7. The quantitative estimate of drug-likeness (QED) is 0.742. The number of carbonyl (C=O) groups excluding carboxylic acids is 1. The molecular weight excluding hydrogens is 368 g/mol. The number of hydrogen-bond donors (Lipinski definition) is 2. The fourth-order valence-electron chi connectivity index (χ4n) is 3.02. The lowest BCUT2D eigenvalue weighted by atomic mass is 10.1. The predicted molar refractivity (Wildman–Crippen MR) is 102 cm³/mol. The summed E-state index contributed by atoms with van der Waals surface area (Å²) in [6, 6.07) is 10.5. The molecule has 1 aliphatic heterocycles. The van der Waals surface area contributed by atoms with Gasteiger partial charge < -0.3 is 11.1 Å². The van der Waals surface area contributed by atoms with Gasteiger partial charge in [-0.15, -0.1) is 0 Å². The van der Waals surface area contributed by atoms with Crippen LogP contribution in [-0.4, -0.2) is 54.1 Å². The molecule has 2 unspecified atom stereocenters. The van der Waals surface area contributed by atoms with Crippen LogP contribution in [0.4, 0.5) is 0 Å². The molecule has 3 rings (SSSR count). The first kappa shape index (κ1) is 19.3. The van der Waals surface area contributed by atoms with E-state index in [4.69, 9.17) is 5.73 Å². The van der Waals surface area contributed by atoms with Crippen LogP contribution in [-0.2, 0) is 10.0 Å². The van der Waals surface area contributed by atoms with Gasteiger partial charge in [-0.3, -0.25) is 14.2 Å². The van der Waals surface area contributed by atoms with E-state index in [1.807, 2.05) is 0 Å². The maximum absolute atomic E-state index is 12.5. The van der Waals surface area contributed by atoms with Gasteiger partial charge in [0.15, 0.2) is 0 Å². The van der Waals surface area contributed by atoms with Gasteiger partial charge in [-0.05, 0) is 37.3 Å². The Hall–Kier alpha value is -2.49. The first-order chi connectivity index (χ1) is 12.8. The summed E-state index contributed by atoms with van der Waals surface area (Å²) in [5, 5.41) is 2.80. The molecule has 2 atom stereocenters. The van der Waals surface area contributed by atoms with Crippen LogP contribution in [0.5, 0.6) is 0 Å². The highest BCUT2D eigenvalue weighted by Crippen LogP contribution is 2.15. The molecule has 1 aliphatic rings. The van der Waals surface area contributed by atoms with Crippen LogP contribution in [0.15, 0.2) is 53.5 Å². The number of benzene rings is 1. The average Bonchev–Trinajstić information content (AvgIpc) is 3.03. The minimum atomic E-state index is -3.33. The van der Waals surface area contributed by atoms with Crippen molar-refractivity contribution in [1.29, 1.82) is 0 Å². The van der Waals surface area contributed by atoms with E-state index in [-0.39, 0.29) is 30.3 Å². The Balaban J connectivity index is 1.70. The maximum Gasteiger partial charge on any atom is 0.255 e. The van der Waals surface area contributed by atoms with Crippen LogP contribution in [0.2, 0.25) is 0 Å². The predicted octanol–water partition coefficient (Wildman–Crippen LogP) is -0.0715. The molecule has 1 aromatic carbocycles. The summed E-state index contributed by atoms with van der Waals surface area (Å²) >= 11 is 0. The maximum atomic E-state index is 12.5. The minimum absolute atomic E-state index is 0.000698. The molecule has 9 heteroatoms. The van der Waals surface area contributed by atoms with E-state index in [9.17, 15) is 18.0 Å². The van der Waals surface area contributed by atoms with Gasteiger partial charge >= 0.3 is 0 Å². The summed E-state index contributed by atoms with van der Waals surface area (Å²) in [6.45, 7) is 1.93. The number of aromatic nitrogens is 1. The number of pyridine rings is 1. The molecule has 1 fully saturated rings. The number of nitrogens with one attached hydrogen (secondary N) is 1. The van der Waals surface area contributed by atoms with E-state index in [0.717, 1.165) is 0 Å². The van der Waals surface area contributed by atoms with Crippen LogP contribution in [0.25, 0.3) is 5.69 Å². The molecule has 144 valence electrons. The first-order valence-electron chi connectivity index (χ1n) is 8.64. The lowest BCUT2D eigenvalue weighted by Crippen LogP contribution is -2.46. The number of carbonyl (C=O) groups is 1. The molecule has 0 spiro atoms. The summed E-state index contributed by atoms with van der Waals surface area (Å²) in [6.07, 6.45) is 1.65. The Bertz CT molecular complexity index is 985. The summed E-state index contributed by atoms with van der Waals surface area (Å²) in [4.78, 5) is 24.3. The Morgan fingerprint density at radius 2 is 1.89 bits per heavy atom. The minimum Gasteiger partial charge on any atom is -0.346 e. The summed E-state index contributed by atoms with van der Waals surface area (Å²) in [7, 11) is -3.33. The normalized spacial score (nSPS) is 20.5. The van der Waals surface area contributed by atoms with Crippen LogP contribution >= 0.6 is 0 Å². The fraction of sp³-hybridized carbons (Fsp3) is 0.333. The van der Waals surface area contributed by atoms with Crippen LogP contribution in [0, 0.1) is 0 Å². The van der Waals surface area contributed by atoms with E-state index < -0.39 is 22.1 Å². The Morgan fingerprint density at radius 1 is 1.19 bits per heavy atom. The molecule has 0 saturated carbocycles. The molecule has 1 saturated heterocycles. The van der Waals surface area contributed by atoms with Crippen molar-refractivity contribution >= 4 is 15.9 Å². The molecular formula is C18H22N4O4S. The standard InChI is InChI=1S/C18H22N4O4S/c1-2-27(25,26)21-11-15(19)16(12-21)20-18(24)13-6-8-14(9-7-13)22-10-4-3-5-17(22)23/h3-10,15-16H,2,11-12,19H2,1H3,(H,20,24). The average molecular weight is 390 g/mol. The van der Waals surface area contributed by atoms with Gasteiger partial charge in [0, 0.05) is 42.6 Å². The number of nitrogens with two attached hydrogens (primary N) is 1. The number of hydrogen-bond acceptors (Lipinski definition) is 5. The van der Waals surface area contributed by atoms with E-state index in [0.29, 0.717) is 11.3 Å². The van der Waals surface area contributed by atoms with Crippen molar-refractivity contribution in [3.8, 4) is 5.69 Å². The lowest BCUT2D eigenvalue weighted by Gasteiger charge is -2.17. The monoisotopic (exact) mass is 390 g/mol. The van der Waals surface area contributed by atoms with Crippen molar-refractivity contribution in [3.63, 3.8) is 0 Å². The summed E-state index contributed by atoms with van der Waals surface area (Å²) in [5.41, 5.74) is 6.90. The Labute approximate surface area is 157 Å².